The van der Waals surface area contributed by atoms with E-state index < -0.39 is 10.0 Å². The fraction of sp³-hybridized carbons (Fsp3) is 0.571. The predicted molar refractivity (Wildman–Crippen MR) is 78.3 cm³/mol. The fourth-order valence-electron chi connectivity index (χ4n) is 2.60. The molecule has 0 aromatic heterocycles. The van der Waals surface area contributed by atoms with E-state index in [1.807, 2.05) is 0 Å². The number of hydrogen-bond acceptors (Lipinski definition) is 5. The molecular formula is C14H21NO5S. The SMILES string of the molecule is COC[C@@H]1CCCN1S(=O)(=O)c1cc(OC)ccc1OC. The van der Waals surface area contributed by atoms with E-state index in [0.717, 1.165) is 12.8 Å². The van der Waals surface area contributed by atoms with E-state index in [1.54, 1.807) is 19.2 Å². The molecule has 6 nitrogen and oxygen atoms in total. The molecule has 0 aliphatic carbocycles. The van der Waals surface area contributed by atoms with Gasteiger partial charge in [0.1, 0.15) is 16.4 Å². The largest absolute Gasteiger partial charge is 0.497 e. The zero-order valence-electron chi connectivity index (χ0n) is 12.5. The van der Waals surface area contributed by atoms with Crippen molar-refractivity contribution >= 4 is 10.0 Å². The van der Waals surface area contributed by atoms with Crippen LogP contribution in [0.15, 0.2) is 23.1 Å². The van der Waals surface area contributed by atoms with Crippen LogP contribution in [0.5, 0.6) is 11.5 Å². The molecule has 1 fully saturated rings. The first kappa shape index (κ1) is 16.1. The summed E-state index contributed by atoms with van der Waals surface area (Å²) in [7, 11) is 0.899. The number of methoxy groups -OCH3 is 3. The molecule has 1 saturated heterocycles. The molecule has 7 heteroatoms. The standard InChI is InChI=1S/C14H21NO5S/c1-18-10-11-5-4-8-15(11)21(16,17)14-9-12(19-2)6-7-13(14)20-3/h6-7,9,11H,4-5,8,10H2,1-3H3/t11-/m0/s1. The fourth-order valence-corrected chi connectivity index (χ4v) is 4.45. The zero-order chi connectivity index (χ0) is 15.5. The van der Waals surface area contributed by atoms with Crippen LogP contribution in [0.4, 0.5) is 0 Å². The first-order chi connectivity index (χ1) is 10.0. The Bertz CT molecular complexity index is 587. The van der Waals surface area contributed by atoms with E-state index in [2.05, 4.69) is 0 Å². The Hall–Kier alpha value is -1.31. The Kier molecular flexibility index (Phi) is 5.08. The summed E-state index contributed by atoms with van der Waals surface area (Å²) in [5.74, 6) is 0.802. The van der Waals surface area contributed by atoms with E-state index in [4.69, 9.17) is 14.2 Å². The van der Waals surface area contributed by atoms with Gasteiger partial charge in [0, 0.05) is 25.8 Å². The lowest BCUT2D eigenvalue weighted by Gasteiger charge is -2.24. The molecule has 118 valence electrons. The molecule has 0 saturated carbocycles. The van der Waals surface area contributed by atoms with E-state index >= 15 is 0 Å². The van der Waals surface area contributed by atoms with Crippen molar-refractivity contribution in [1.82, 2.24) is 4.31 Å². The highest BCUT2D eigenvalue weighted by Crippen LogP contribution is 2.33. The van der Waals surface area contributed by atoms with Crippen LogP contribution in [0.3, 0.4) is 0 Å². The van der Waals surface area contributed by atoms with Gasteiger partial charge in [0.15, 0.2) is 0 Å². The monoisotopic (exact) mass is 315 g/mol. The minimum absolute atomic E-state index is 0.129. The summed E-state index contributed by atoms with van der Waals surface area (Å²) < 4.78 is 42.7. The highest BCUT2D eigenvalue weighted by molar-refractivity contribution is 7.89. The molecule has 1 heterocycles. The number of rotatable bonds is 6. The summed E-state index contributed by atoms with van der Waals surface area (Å²) in [6, 6.07) is 4.65. The van der Waals surface area contributed by atoms with Crippen molar-refractivity contribution in [2.24, 2.45) is 0 Å². The molecule has 0 unspecified atom stereocenters. The van der Waals surface area contributed by atoms with Crippen molar-refractivity contribution in [2.45, 2.75) is 23.8 Å². The van der Waals surface area contributed by atoms with Gasteiger partial charge in [-0.25, -0.2) is 8.42 Å². The number of hydrogen-bond donors (Lipinski definition) is 0. The smallest absolute Gasteiger partial charge is 0.247 e. The van der Waals surface area contributed by atoms with Crippen LogP contribution in [0, 0.1) is 0 Å². The second kappa shape index (κ2) is 6.64. The minimum atomic E-state index is -3.64. The second-order valence-electron chi connectivity index (χ2n) is 4.88. The van der Waals surface area contributed by atoms with Crippen LogP contribution in [0.25, 0.3) is 0 Å². The molecule has 1 aliphatic heterocycles. The lowest BCUT2D eigenvalue weighted by molar-refractivity contribution is 0.149. The third-order valence-electron chi connectivity index (χ3n) is 3.64. The van der Waals surface area contributed by atoms with Crippen molar-refractivity contribution < 1.29 is 22.6 Å². The van der Waals surface area contributed by atoms with Gasteiger partial charge in [0.05, 0.1) is 20.8 Å². The van der Waals surface area contributed by atoms with Gasteiger partial charge in [-0.2, -0.15) is 4.31 Å². The molecule has 21 heavy (non-hydrogen) atoms. The van der Waals surface area contributed by atoms with Gasteiger partial charge < -0.3 is 14.2 Å². The van der Waals surface area contributed by atoms with E-state index in [1.165, 1.54) is 24.6 Å². The van der Waals surface area contributed by atoms with Crippen LogP contribution >= 0.6 is 0 Å². The van der Waals surface area contributed by atoms with Crippen LogP contribution in [0.1, 0.15) is 12.8 Å². The molecule has 0 N–H and O–H groups in total. The summed E-state index contributed by atoms with van der Waals surface area (Å²) in [6.07, 6.45) is 1.64. The normalized spacial score (nSPS) is 19.7. The molecule has 0 radical (unpaired) electrons. The van der Waals surface area contributed by atoms with Crippen molar-refractivity contribution in [2.75, 3.05) is 34.5 Å². The first-order valence-corrected chi connectivity index (χ1v) is 8.21. The Morgan fingerprint density at radius 3 is 2.62 bits per heavy atom. The molecule has 1 aromatic carbocycles. The average molecular weight is 315 g/mol. The van der Waals surface area contributed by atoms with Gasteiger partial charge >= 0.3 is 0 Å². The lowest BCUT2D eigenvalue weighted by Crippen LogP contribution is -2.38. The topological polar surface area (TPSA) is 65.1 Å². The van der Waals surface area contributed by atoms with Crippen LogP contribution < -0.4 is 9.47 Å². The summed E-state index contributed by atoms with van der Waals surface area (Å²) in [4.78, 5) is 0.132. The number of nitrogens with zero attached hydrogens (tertiary/aromatic N) is 1. The summed E-state index contributed by atoms with van der Waals surface area (Å²) in [6.45, 7) is 0.891. The zero-order valence-corrected chi connectivity index (χ0v) is 13.4. The molecule has 1 atom stereocenters. The van der Waals surface area contributed by atoms with Gasteiger partial charge in [-0.1, -0.05) is 0 Å². The number of sulfonamides is 1. The minimum Gasteiger partial charge on any atom is -0.497 e. The lowest BCUT2D eigenvalue weighted by atomic mass is 10.2. The molecule has 1 aliphatic rings. The average Bonchev–Trinajstić information content (AvgIpc) is 2.96. The Morgan fingerprint density at radius 2 is 2.00 bits per heavy atom. The Labute approximate surface area is 125 Å². The summed E-state index contributed by atoms with van der Waals surface area (Å²) >= 11 is 0. The number of benzene rings is 1. The van der Waals surface area contributed by atoms with E-state index in [0.29, 0.717) is 24.7 Å². The van der Waals surface area contributed by atoms with Crippen molar-refractivity contribution in [3.63, 3.8) is 0 Å². The van der Waals surface area contributed by atoms with Gasteiger partial charge in [0.2, 0.25) is 10.0 Å². The first-order valence-electron chi connectivity index (χ1n) is 6.77. The Morgan fingerprint density at radius 1 is 1.24 bits per heavy atom. The van der Waals surface area contributed by atoms with Gasteiger partial charge in [-0.3, -0.25) is 0 Å². The van der Waals surface area contributed by atoms with Crippen molar-refractivity contribution in [3.05, 3.63) is 18.2 Å². The van der Waals surface area contributed by atoms with Gasteiger partial charge in [-0.15, -0.1) is 0 Å². The molecule has 0 bridgehead atoms. The highest BCUT2D eigenvalue weighted by Gasteiger charge is 2.37. The predicted octanol–water partition coefficient (Wildman–Crippen LogP) is 1.50. The highest BCUT2D eigenvalue weighted by atomic mass is 32.2. The Balaban J connectivity index is 2.43. The molecule has 0 amide bonds. The van der Waals surface area contributed by atoms with E-state index in [-0.39, 0.29) is 10.9 Å². The van der Waals surface area contributed by atoms with Gasteiger partial charge in [-0.05, 0) is 25.0 Å². The molecule has 0 spiro atoms. The molecule has 1 aromatic rings. The quantitative estimate of drug-likeness (QED) is 0.796. The summed E-state index contributed by atoms with van der Waals surface area (Å²) in [5.41, 5.74) is 0. The maximum atomic E-state index is 12.9. The van der Waals surface area contributed by atoms with Gasteiger partial charge in [0.25, 0.3) is 0 Å². The van der Waals surface area contributed by atoms with Crippen LogP contribution in [0.2, 0.25) is 0 Å². The molecule has 2 rings (SSSR count). The van der Waals surface area contributed by atoms with Crippen molar-refractivity contribution in [3.8, 4) is 11.5 Å². The molecular weight excluding hydrogens is 294 g/mol. The maximum Gasteiger partial charge on any atom is 0.247 e. The third kappa shape index (κ3) is 3.14. The second-order valence-corrected chi connectivity index (χ2v) is 6.74. The van der Waals surface area contributed by atoms with Crippen molar-refractivity contribution in [1.29, 1.82) is 0 Å². The third-order valence-corrected chi connectivity index (χ3v) is 5.61. The number of ether oxygens (including phenoxy) is 3. The van der Waals surface area contributed by atoms with Crippen LogP contribution in [-0.2, 0) is 14.8 Å². The maximum absolute atomic E-state index is 12.9. The van der Waals surface area contributed by atoms with E-state index in [9.17, 15) is 8.42 Å². The van der Waals surface area contributed by atoms with Crippen LogP contribution in [-0.4, -0.2) is 53.2 Å². The summed E-state index contributed by atoms with van der Waals surface area (Å²) in [5, 5.41) is 0.